The van der Waals surface area contributed by atoms with Gasteiger partial charge in [0.05, 0.1) is 17.0 Å². The Bertz CT molecular complexity index is 1160. The van der Waals surface area contributed by atoms with Crippen LogP contribution in [0.5, 0.6) is 0 Å². The number of carbonyl (C=O) groups excluding carboxylic acids is 3. The number of hydrogen-bond acceptors (Lipinski definition) is 5. The van der Waals surface area contributed by atoms with Crippen molar-refractivity contribution in [3.05, 3.63) is 77.2 Å². The molecule has 3 heterocycles. The highest BCUT2D eigenvalue weighted by Crippen LogP contribution is 2.32. The number of pyridine rings is 2. The minimum Gasteiger partial charge on any atom is -0.310 e. The van der Waals surface area contributed by atoms with E-state index in [1.165, 1.54) is 7.05 Å². The molecule has 3 amide bonds. The minimum atomic E-state index is -0.637. The SMILES string of the molecule is Cc1cc2c(c(C(C)C(=O)Nc3ccc(-c4cccnc4)cn3)c1)C(=O)N(C)C2=O. The molecule has 1 unspecified atom stereocenters. The third-order valence-corrected chi connectivity index (χ3v) is 5.24. The molecule has 3 aromatic rings. The molecule has 0 radical (unpaired) electrons. The lowest BCUT2D eigenvalue weighted by Crippen LogP contribution is -2.25. The van der Waals surface area contributed by atoms with E-state index in [-0.39, 0.29) is 17.7 Å². The van der Waals surface area contributed by atoms with Crippen LogP contribution >= 0.6 is 0 Å². The molecule has 2 aromatic heterocycles. The molecule has 150 valence electrons. The second kappa shape index (κ2) is 7.51. The zero-order chi connectivity index (χ0) is 21.4. The molecule has 1 aliphatic heterocycles. The number of rotatable bonds is 4. The van der Waals surface area contributed by atoms with Crippen LogP contribution < -0.4 is 5.32 Å². The number of fused-ring (bicyclic) bond motifs is 1. The van der Waals surface area contributed by atoms with Crippen molar-refractivity contribution in [2.45, 2.75) is 19.8 Å². The van der Waals surface area contributed by atoms with Crippen LogP contribution in [0.4, 0.5) is 5.82 Å². The predicted octanol–water partition coefficient (Wildman–Crippen LogP) is 3.42. The lowest BCUT2D eigenvalue weighted by Gasteiger charge is -2.16. The molecule has 0 fully saturated rings. The first-order valence-corrected chi connectivity index (χ1v) is 9.51. The topological polar surface area (TPSA) is 92.3 Å². The van der Waals surface area contributed by atoms with Gasteiger partial charge in [0, 0.05) is 36.8 Å². The van der Waals surface area contributed by atoms with E-state index in [1.54, 1.807) is 43.7 Å². The van der Waals surface area contributed by atoms with E-state index >= 15 is 0 Å². The molecule has 7 heteroatoms. The molecule has 0 bridgehead atoms. The Labute approximate surface area is 173 Å². The average molecular weight is 400 g/mol. The fourth-order valence-electron chi connectivity index (χ4n) is 3.55. The monoisotopic (exact) mass is 400 g/mol. The van der Waals surface area contributed by atoms with Gasteiger partial charge >= 0.3 is 0 Å². The number of aromatic nitrogens is 2. The summed E-state index contributed by atoms with van der Waals surface area (Å²) in [6, 6.07) is 10.8. The molecule has 1 N–H and O–H groups in total. The Morgan fingerprint density at radius 2 is 1.83 bits per heavy atom. The summed E-state index contributed by atoms with van der Waals surface area (Å²) in [4.78, 5) is 47.2. The van der Waals surface area contributed by atoms with Crippen molar-refractivity contribution in [1.29, 1.82) is 0 Å². The largest absolute Gasteiger partial charge is 0.310 e. The number of anilines is 1. The molecule has 1 atom stereocenters. The average Bonchev–Trinajstić information content (AvgIpc) is 2.97. The van der Waals surface area contributed by atoms with Gasteiger partial charge in [-0.25, -0.2) is 4.98 Å². The van der Waals surface area contributed by atoms with Crippen molar-refractivity contribution < 1.29 is 14.4 Å². The van der Waals surface area contributed by atoms with Crippen LogP contribution in [0.2, 0.25) is 0 Å². The van der Waals surface area contributed by atoms with Gasteiger partial charge < -0.3 is 5.32 Å². The number of aryl methyl sites for hydroxylation is 1. The van der Waals surface area contributed by atoms with Crippen LogP contribution in [0, 0.1) is 6.92 Å². The maximum Gasteiger partial charge on any atom is 0.261 e. The quantitative estimate of drug-likeness (QED) is 0.678. The Kier molecular flexibility index (Phi) is 4.87. The van der Waals surface area contributed by atoms with E-state index in [0.717, 1.165) is 21.6 Å². The Morgan fingerprint density at radius 3 is 2.50 bits per heavy atom. The van der Waals surface area contributed by atoms with Gasteiger partial charge in [-0.1, -0.05) is 12.1 Å². The predicted molar refractivity (Wildman–Crippen MR) is 112 cm³/mol. The number of hydrogen-bond donors (Lipinski definition) is 1. The van der Waals surface area contributed by atoms with Crippen molar-refractivity contribution in [2.75, 3.05) is 12.4 Å². The number of nitrogens with zero attached hydrogens (tertiary/aromatic N) is 3. The van der Waals surface area contributed by atoms with Crippen LogP contribution in [0.15, 0.2) is 55.0 Å². The second-order valence-electron chi connectivity index (χ2n) is 7.33. The summed E-state index contributed by atoms with van der Waals surface area (Å²) < 4.78 is 0. The van der Waals surface area contributed by atoms with Crippen molar-refractivity contribution in [3.8, 4) is 11.1 Å². The normalized spacial score (nSPS) is 13.9. The van der Waals surface area contributed by atoms with Gasteiger partial charge in [0.25, 0.3) is 11.8 Å². The van der Waals surface area contributed by atoms with Gasteiger partial charge in [-0.3, -0.25) is 24.3 Å². The van der Waals surface area contributed by atoms with E-state index in [2.05, 4.69) is 15.3 Å². The number of amides is 3. The summed E-state index contributed by atoms with van der Waals surface area (Å²) in [5, 5.41) is 2.79. The fraction of sp³-hybridized carbons (Fsp3) is 0.174. The first kappa shape index (κ1) is 19.4. The van der Waals surface area contributed by atoms with Gasteiger partial charge in [-0.15, -0.1) is 0 Å². The maximum absolute atomic E-state index is 12.9. The van der Waals surface area contributed by atoms with Crippen molar-refractivity contribution in [3.63, 3.8) is 0 Å². The summed E-state index contributed by atoms with van der Waals surface area (Å²) in [7, 11) is 1.45. The highest BCUT2D eigenvalue weighted by Gasteiger charge is 2.37. The molecule has 7 nitrogen and oxygen atoms in total. The fourth-order valence-corrected chi connectivity index (χ4v) is 3.55. The first-order chi connectivity index (χ1) is 14.4. The molecule has 0 spiro atoms. The Morgan fingerprint density at radius 1 is 1.07 bits per heavy atom. The molecule has 1 aromatic carbocycles. The highest BCUT2D eigenvalue weighted by molar-refractivity contribution is 6.22. The minimum absolute atomic E-state index is 0.302. The van der Waals surface area contributed by atoms with Gasteiger partial charge in [-0.2, -0.15) is 0 Å². The molecular formula is C23H20N4O3. The van der Waals surface area contributed by atoms with Gasteiger partial charge in [0.2, 0.25) is 5.91 Å². The van der Waals surface area contributed by atoms with Gasteiger partial charge in [-0.05, 0) is 49.2 Å². The van der Waals surface area contributed by atoms with E-state index in [1.807, 2.05) is 25.1 Å². The van der Waals surface area contributed by atoms with Crippen LogP contribution in [0.25, 0.3) is 11.1 Å². The molecule has 1 aliphatic rings. The van der Waals surface area contributed by atoms with Crippen LogP contribution in [0.1, 0.15) is 44.7 Å². The summed E-state index contributed by atoms with van der Waals surface area (Å²) in [6.45, 7) is 3.55. The lowest BCUT2D eigenvalue weighted by atomic mass is 9.90. The van der Waals surface area contributed by atoms with Crippen LogP contribution in [-0.4, -0.2) is 39.6 Å². The van der Waals surface area contributed by atoms with E-state index < -0.39 is 5.92 Å². The van der Waals surface area contributed by atoms with Crippen molar-refractivity contribution in [1.82, 2.24) is 14.9 Å². The lowest BCUT2D eigenvalue weighted by molar-refractivity contribution is -0.117. The van der Waals surface area contributed by atoms with Gasteiger partial charge in [0.15, 0.2) is 0 Å². The molecule has 0 saturated heterocycles. The van der Waals surface area contributed by atoms with Crippen LogP contribution in [0.3, 0.4) is 0 Å². The van der Waals surface area contributed by atoms with E-state index in [0.29, 0.717) is 22.5 Å². The van der Waals surface area contributed by atoms with E-state index in [4.69, 9.17) is 0 Å². The number of benzene rings is 1. The Balaban J connectivity index is 1.58. The summed E-state index contributed by atoms with van der Waals surface area (Å²) in [6.07, 6.45) is 5.11. The van der Waals surface area contributed by atoms with Crippen molar-refractivity contribution >= 4 is 23.5 Å². The number of nitrogens with one attached hydrogen (secondary N) is 1. The highest BCUT2D eigenvalue weighted by atomic mass is 16.2. The number of carbonyl (C=O) groups is 3. The second-order valence-corrected chi connectivity index (χ2v) is 7.33. The summed E-state index contributed by atoms with van der Waals surface area (Å²) in [5.74, 6) is -1.27. The summed E-state index contributed by atoms with van der Waals surface area (Å²) >= 11 is 0. The zero-order valence-electron chi connectivity index (χ0n) is 16.8. The Hall–Kier alpha value is -3.87. The molecular weight excluding hydrogens is 380 g/mol. The molecule has 4 rings (SSSR count). The van der Waals surface area contributed by atoms with E-state index in [9.17, 15) is 14.4 Å². The zero-order valence-corrected chi connectivity index (χ0v) is 16.8. The molecule has 30 heavy (non-hydrogen) atoms. The third-order valence-electron chi connectivity index (χ3n) is 5.24. The molecule has 0 aliphatic carbocycles. The van der Waals surface area contributed by atoms with Crippen molar-refractivity contribution in [2.24, 2.45) is 0 Å². The maximum atomic E-state index is 12.9. The van der Waals surface area contributed by atoms with Gasteiger partial charge in [0.1, 0.15) is 5.82 Å². The first-order valence-electron chi connectivity index (χ1n) is 9.51. The summed E-state index contributed by atoms with van der Waals surface area (Å²) in [5.41, 5.74) is 3.82. The number of imide groups is 1. The standard InChI is InChI=1S/C23H20N4O3/c1-13-9-17(20-18(10-13)22(29)27(3)23(20)30)14(2)21(28)26-19-7-6-16(12-25-19)15-5-4-8-24-11-15/h4-12,14H,1-3H3,(H,25,26,28). The molecule has 0 saturated carbocycles. The smallest absolute Gasteiger partial charge is 0.261 e. The van der Waals surface area contributed by atoms with Crippen LogP contribution in [-0.2, 0) is 4.79 Å². The third kappa shape index (κ3) is 3.34.